The van der Waals surface area contributed by atoms with Gasteiger partial charge in [-0.2, -0.15) is 11.3 Å². The number of hydrogen-bond acceptors (Lipinski definition) is 3. The van der Waals surface area contributed by atoms with Crippen molar-refractivity contribution >= 4 is 17.2 Å². The van der Waals surface area contributed by atoms with Crippen LogP contribution in [0.15, 0.2) is 16.8 Å². The molecule has 0 N–H and O–H groups in total. The molecular weight excluding hydrogens is 256 g/mol. The van der Waals surface area contributed by atoms with Gasteiger partial charge in [0.15, 0.2) is 0 Å². The number of nitrogens with zero attached hydrogens (tertiary/aromatic N) is 2. The standard InChI is InChI=1S/C15H22N2OS/c1-2-16-8-3-5-13(16)14-6-4-9-17(14)15(18)12-7-10-19-11-12/h7,10-11,13-14H,2-6,8-9H2,1H3/t13-,14-/m1/s1. The summed E-state index contributed by atoms with van der Waals surface area (Å²) in [6.07, 6.45) is 4.88. The zero-order valence-electron chi connectivity index (χ0n) is 11.5. The average molecular weight is 278 g/mol. The van der Waals surface area contributed by atoms with Crippen molar-refractivity contribution in [1.82, 2.24) is 9.80 Å². The number of carbonyl (C=O) groups excluding carboxylic acids is 1. The van der Waals surface area contributed by atoms with Crippen LogP contribution in [0.2, 0.25) is 0 Å². The highest BCUT2D eigenvalue weighted by Crippen LogP contribution is 2.31. The van der Waals surface area contributed by atoms with Crippen molar-refractivity contribution in [2.24, 2.45) is 0 Å². The first-order chi connectivity index (χ1) is 9.31. The van der Waals surface area contributed by atoms with Crippen LogP contribution < -0.4 is 0 Å². The van der Waals surface area contributed by atoms with Crippen LogP contribution in [-0.2, 0) is 0 Å². The van der Waals surface area contributed by atoms with Gasteiger partial charge in [-0.15, -0.1) is 0 Å². The summed E-state index contributed by atoms with van der Waals surface area (Å²) in [7, 11) is 0. The fourth-order valence-electron chi connectivity index (χ4n) is 3.68. The van der Waals surface area contributed by atoms with Crippen LogP contribution in [0.4, 0.5) is 0 Å². The highest BCUT2D eigenvalue weighted by atomic mass is 32.1. The maximum absolute atomic E-state index is 12.6. The first-order valence-electron chi connectivity index (χ1n) is 7.38. The predicted molar refractivity (Wildman–Crippen MR) is 78.6 cm³/mol. The Bertz CT molecular complexity index is 431. The lowest BCUT2D eigenvalue weighted by Gasteiger charge is -2.34. The molecule has 3 nitrogen and oxygen atoms in total. The third-order valence-electron chi connectivity index (χ3n) is 4.59. The van der Waals surface area contributed by atoms with Crippen molar-refractivity contribution < 1.29 is 4.79 Å². The third-order valence-corrected chi connectivity index (χ3v) is 5.28. The second-order valence-corrected chi connectivity index (χ2v) is 6.34. The molecule has 0 bridgehead atoms. The van der Waals surface area contributed by atoms with E-state index in [0.29, 0.717) is 12.1 Å². The summed E-state index contributed by atoms with van der Waals surface area (Å²) in [5, 5.41) is 3.97. The summed E-state index contributed by atoms with van der Waals surface area (Å²) in [6.45, 7) is 5.49. The molecule has 0 aromatic carbocycles. The summed E-state index contributed by atoms with van der Waals surface area (Å²) < 4.78 is 0. The molecule has 19 heavy (non-hydrogen) atoms. The van der Waals surface area contributed by atoms with E-state index in [1.807, 2.05) is 16.8 Å². The lowest BCUT2D eigenvalue weighted by atomic mass is 10.0. The summed E-state index contributed by atoms with van der Waals surface area (Å²) >= 11 is 1.61. The number of rotatable bonds is 3. The zero-order valence-corrected chi connectivity index (χ0v) is 12.4. The van der Waals surface area contributed by atoms with E-state index in [4.69, 9.17) is 0 Å². The van der Waals surface area contributed by atoms with E-state index in [-0.39, 0.29) is 5.91 Å². The van der Waals surface area contributed by atoms with Gasteiger partial charge < -0.3 is 4.90 Å². The lowest BCUT2D eigenvalue weighted by Crippen LogP contribution is -2.48. The number of likely N-dealkylation sites (N-methyl/N-ethyl adjacent to an activating group) is 1. The van der Waals surface area contributed by atoms with E-state index >= 15 is 0 Å². The van der Waals surface area contributed by atoms with E-state index in [9.17, 15) is 4.79 Å². The van der Waals surface area contributed by atoms with Crippen LogP contribution >= 0.6 is 11.3 Å². The lowest BCUT2D eigenvalue weighted by molar-refractivity contribution is 0.0650. The maximum Gasteiger partial charge on any atom is 0.255 e. The first kappa shape index (κ1) is 13.1. The van der Waals surface area contributed by atoms with Crippen molar-refractivity contribution in [2.45, 2.75) is 44.7 Å². The van der Waals surface area contributed by atoms with Gasteiger partial charge in [-0.1, -0.05) is 6.92 Å². The molecule has 0 radical (unpaired) electrons. The highest BCUT2D eigenvalue weighted by molar-refractivity contribution is 7.08. The van der Waals surface area contributed by atoms with Crippen LogP contribution in [0, 0.1) is 0 Å². The van der Waals surface area contributed by atoms with E-state index in [1.165, 1.54) is 25.8 Å². The zero-order chi connectivity index (χ0) is 13.2. The van der Waals surface area contributed by atoms with E-state index < -0.39 is 0 Å². The summed E-state index contributed by atoms with van der Waals surface area (Å²) in [4.78, 5) is 17.3. The summed E-state index contributed by atoms with van der Waals surface area (Å²) in [5.41, 5.74) is 0.873. The molecule has 2 fully saturated rings. The van der Waals surface area contributed by atoms with Crippen molar-refractivity contribution in [2.75, 3.05) is 19.6 Å². The van der Waals surface area contributed by atoms with Gasteiger partial charge in [-0.05, 0) is 50.2 Å². The molecule has 1 aromatic rings. The molecule has 2 saturated heterocycles. The van der Waals surface area contributed by atoms with Gasteiger partial charge in [0.1, 0.15) is 0 Å². The monoisotopic (exact) mass is 278 g/mol. The molecule has 2 aliphatic heterocycles. The quantitative estimate of drug-likeness (QED) is 0.849. The molecule has 0 saturated carbocycles. The second kappa shape index (κ2) is 5.63. The number of likely N-dealkylation sites (tertiary alicyclic amines) is 2. The van der Waals surface area contributed by atoms with Crippen LogP contribution in [0.25, 0.3) is 0 Å². The minimum atomic E-state index is 0.242. The van der Waals surface area contributed by atoms with Gasteiger partial charge in [0.2, 0.25) is 0 Å². The van der Waals surface area contributed by atoms with Gasteiger partial charge in [0, 0.05) is 24.0 Å². The average Bonchev–Trinajstić information content (AvgIpc) is 3.16. The molecular formula is C15H22N2OS. The predicted octanol–water partition coefficient (Wildman–Crippen LogP) is 2.84. The van der Waals surface area contributed by atoms with Gasteiger partial charge in [0.05, 0.1) is 5.56 Å². The molecule has 104 valence electrons. The maximum atomic E-state index is 12.6. The Morgan fingerprint density at radius 1 is 1.32 bits per heavy atom. The Balaban J connectivity index is 1.76. The van der Waals surface area contributed by atoms with Crippen molar-refractivity contribution in [3.05, 3.63) is 22.4 Å². The SMILES string of the molecule is CCN1CCC[C@@H]1[C@H]1CCCN1C(=O)c1ccsc1. The topological polar surface area (TPSA) is 23.6 Å². The molecule has 2 aliphatic rings. The Morgan fingerprint density at radius 2 is 2.11 bits per heavy atom. The van der Waals surface area contributed by atoms with Crippen molar-refractivity contribution in [3.8, 4) is 0 Å². The van der Waals surface area contributed by atoms with Gasteiger partial charge in [0.25, 0.3) is 5.91 Å². The molecule has 3 rings (SSSR count). The molecule has 1 amide bonds. The Kier molecular flexibility index (Phi) is 3.89. The summed E-state index contributed by atoms with van der Waals surface area (Å²) in [6, 6.07) is 2.99. The number of amides is 1. The van der Waals surface area contributed by atoms with Crippen LogP contribution in [-0.4, -0.2) is 47.4 Å². The minimum Gasteiger partial charge on any atom is -0.334 e. The Labute approximate surface area is 119 Å². The van der Waals surface area contributed by atoms with Crippen LogP contribution in [0.1, 0.15) is 43.0 Å². The van der Waals surface area contributed by atoms with Crippen LogP contribution in [0.3, 0.4) is 0 Å². The molecule has 2 atom stereocenters. The van der Waals surface area contributed by atoms with Crippen LogP contribution in [0.5, 0.6) is 0 Å². The van der Waals surface area contributed by atoms with Gasteiger partial charge in [-0.3, -0.25) is 9.69 Å². The van der Waals surface area contributed by atoms with Gasteiger partial charge >= 0.3 is 0 Å². The first-order valence-corrected chi connectivity index (χ1v) is 8.32. The Morgan fingerprint density at radius 3 is 2.84 bits per heavy atom. The van der Waals surface area contributed by atoms with Crippen molar-refractivity contribution in [3.63, 3.8) is 0 Å². The molecule has 0 spiro atoms. The molecule has 1 aromatic heterocycles. The molecule has 3 heterocycles. The fourth-order valence-corrected chi connectivity index (χ4v) is 4.31. The number of carbonyl (C=O) groups is 1. The smallest absolute Gasteiger partial charge is 0.255 e. The van der Waals surface area contributed by atoms with E-state index in [2.05, 4.69) is 16.7 Å². The number of thiophene rings is 1. The second-order valence-electron chi connectivity index (χ2n) is 5.56. The summed E-state index contributed by atoms with van der Waals surface area (Å²) in [5.74, 6) is 0.242. The fraction of sp³-hybridized carbons (Fsp3) is 0.667. The van der Waals surface area contributed by atoms with E-state index in [0.717, 1.165) is 25.1 Å². The van der Waals surface area contributed by atoms with E-state index in [1.54, 1.807) is 11.3 Å². The molecule has 0 unspecified atom stereocenters. The minimum absolute atomic E-state index is 0.242. The van der Waals surface area contributed by atoms with Crippen molar-refractivity contribution in [1.29, 1.82) is 0 Å². The highest BCUT2D eigenvalue weighted by Gasteiger charge is 2.39. The Hall–Kier alpha value is -0.870. The molecule has 0 aliphatic carbocycles. The largest absolute Gasteiger partial charge is 0.334 e. The van der Waals surface area contributed by atoms with Gasteiger partial charge in [-0.25, -0.2) is 0 Å². The normalized spacial score (nSPS) is 28.2. The third kappa shape index (κ3) is 2.43. The number of hydrogen-bond donors (Lipinski definition) is 0. The molecule has 4 heteroatoms.